The largest absolute Gasteiger partial charge is 0.423 e. The lowest BCUT2D eigenvalue weighted by atomic mass is 10.2. The third-order valence-corrected chi connectivity index (χ3v) is 2.76. The molecular weight excluding hydrogens is 296 g/mol. The highest BCUT2D eigenvalue weighted by Gasteiger charge is 2.08. The van der Waals surface area contributed by atoms with Crippen molar-refractivity contribution in [2.24, 2.45) is 0 Å². The van der Waals surface area contributed by atoms with E-state index in [4.69, 9.17) is 4.74 Å². The first-order valence-electron chi connectivity index (χ1n) is 5.22. The van der Waals surface area contributed by atoms with Crippen LogP contribution in [0.2, 0.25) is 0 Å². The van der Waals surface area contributed by atoms with Crippen molar-refractivity contribution in [1.29, 1.82) is 0 Å². The first kappa shape index (κ1) is 12.5. The van der Waals surface area contributed by atoms with Gasteiger partial charge in [0.15, 0.2) is 0 Å². The number of hydrogen-bond donors (Lipinski definition) is 0. The summed E-state index contributed by atoms with van der Waals surface area (Å²) in [5.74, 6) is -0.107. The second kappa shape index (κ2) is 5.60. The Hall–Kier alpha value is -1.94. The SMILES string of the molecule is O=Cc1cccc(OC(=O)c2cccc(Br)c2)c1. The lowest BCUT2D eigenvalue weighted by Crippen LogP contribution is -2.08. The van der Waals surface area contributed by atoms with Crippen molar-refractivity contribution >= 4 is 28.2 Å². The van der Waals surface area contributed by atoms with Crippen LogP contribution >= 0.6 is 15.9 Å². The molecule has 0 saturated heterocycles. The zero-order valence-corrected chi connectivity index (χ0v) is 10.9. The van der Waals surface area contributed by atoms with E-state index >= 15 is 0 Å². The molecule has 0 unspecified atom stereocenters. The molecule has 3 nitrogen and oxygen atoms in total. The molecule has 0 heterocycles. The Morgan fingerprint density at radius 1 is 1.11 bits per heavy atom. The minimum Gasteiger partial charge on any atom is -0.423 e. The van der Waals surface area contributed by atoms with Gasteiger partial charge in [-0.05, 0) is 30.3 Å². The van der Waals surface area contributed by atoms with Crippen LogP contribution in [0.1, 0.15) is 20.7 Å². The average Bonchev–Trinajstić information content (AvgIpc) is 2.39. The summed E-state index contributed by atoms with van der Waals surface area (Å²) >= 11 is 3.28. The number of carbonyl (C=O) groups is 2. The predicted molar refractivity (Wildman–Crippen MR) is 70.9 cm³/mol. The van der Waals surface area contributed by atoms with Crippen molar-refractivity contribution < 1.29 is 14.3 Å². The van der Waals surface area contributed by atoms with Gasteiger partial charge < -0.3 is 4.74 Å². The van der Waals surface area contributed by atoms with E-state index in [0.29, 0.717) is 23.2 Å². The summed E-state index contributed by atoms with van der Waals surface area (Å²) in [7, 11) is 0. The third-order valence-electron chi connectivity index (χ3n) is 2.27. The molecule has 0 radical (unpaired) electrons. The van der Waals surface area contributed by atoms with Gasteiger partial charge in [-0.2, -0.15) is 0 Å². The molecule has 0 amide bonds. The fourth-order valence-corrected chi connectivity index (χ4v) is 1.83. The van der Waals surface area contributed by atoms with Gasteiger partial charge in [-0.15, -0.1) is 0 Å². The van der Waals surface area contributed by atoms with Crippen molar-refractivity contribution in [3.63, 3.8) is 0 Å². The number of benzene rings is 2. The third kappa shape index (κ3) is 3.05. The van der Waals surface area contributed by atoms with Crippen LogP contribution in [0.25, 0.3) is 0 Å². The molecular formula is C14H9BrO3. The van der Waals surface area contributed by atoms with Crippen molar-refractivity contribution in [2.45, 2.75) is 0 Å². The molecule has 0 atom stereocenters. The Balaban J connectivity index is 2.18. The number of rotatable bonds is 3. The predicted octanol–water partition coefficient (Wildman–Crippen LogP) is 3.48. The monoisotopic (exact) mass is 304 g/mol. The van der Waals surface area contributed by atoms with Gasteiger partial charge in [-0.25, -0.2) is 4.79 Å². The molecule has 0 aliphatic heterocycles. The van der Waals surface area contributed by atoms with E-state index in [9.17, 15) is 9.59 Å². The maximum absolute atomic E-state index is 11.8. The van der Waals surface area contributed by atoms with Gasteiger partial charge in [0.25, 0.3) is 0 Å². The second-order valence-corrected chi connectivity index (χ2v) is 4.51. The van der Waals surface area contributed by atoms with E-state index in [0.717, 1.165) is 4.47 Å². The molecule has 0 saturated carbocycles. The molecule has 0 fully saturated rings. The highest BCUT2D eigenvalue weighted by molar-refractivity contribution is 9.10. The molecule has 0 N–H and O–H groups in total. The van der Waals surface area contributed by atoms with E-state index in [-0.39, 0.29) is 0 Å². The second-order valence-electron chi connectivity index (χ2n) is 3.59. The maximum atomic E-state index is 11.8. The van der Waals surface area contributed by atoms with Crippen LogP contribution in [0.3, 0.4) is 0 Å². The smallest absolute Gasteiger partial charge is 0.343 e. The molecule has 4 heteroatoms. The van der Waals surface area contributed by atoms with Crippen LogP contribution in [-0.2, 0) is 0 Å². The van der Waals surface area contributed by atoms with Gasteiger partial charge in [-0.1, -0.05) is 34.1 Å². The Bertz CT molecular complexity index is 593. The lowest BCUT2D eigenvalue weighted by Gasteiger charge is -2.04. The van der Waals surface area contributed by atoms with Crippen molar-refractivity contribution in [3.05, 3.63) is 64.1 Å². The van der Waals surface area contributed by atoms with Gasteiger partial charge >= 0.3 is 5.97 Å². The van der Waals surface area contributed by atoms with Gasteiger partial charge in [0.1, 0.15) is 12.0 Å². The van der Waals surface area contributed by atoms with Gasteiger partial charge in [0, 0.05) is 10.0 Å². The number of ether oxygens (including phenoxy) is 1. The summed E-state index contributed by atoms with van der Waals surface area (Å²) < 4.78 is 5.98. The minimum absolute atomic E-state index is 0.351. The molecule has 2 aromatic rings. The summed E-state index contributed by atoms with van der Waals surface area (Å²) in [5, 5.41) is 0. The fourth-order valence-electron chi connectivity index (χ4n) is 1.43. The topological polar surface area (TPSA) is 43.4 Å². The van der Waals surface area contributed by atoms with Crippen LogP contribution in [0, 0.1) is 0 Å². The first-order chi connectivity index (χ1) is 8.69. The lowest BCUT2D eigenvalue weighted by molar-refractivity contribution is 0.0734. The van der Waals surface area contributed by atoms with E-state index in [1.807, 2.05) is 6.07 Å². The van der Waals surface area contributed by atoms with Gasteiger partial charge in [-0.3, -0.25) is 4.79 Å². The average molecular weight is 305 g/mol. The fraction of sp³-hybridized carbons (Fsp3) is 0. The molecule has 18 heavy (non-hydrogen) atoms. The highest BCUT2D eigenvalue weighted by Crippen LogP contribution is 2.16. The Labute approximate surface area is 113 Å². The summed E-state index contributed by atoms with van der Waals surface area (Å²) in [5.41, 5.74) is 0.912. The maximum Gasteiger partial charge on any atom is 0.343 e. The van der Waals surface area contributed by atoms with Crippen LogP contribution in [0.15, 0.2) is 53.0 Å². The number of aldehydes is 1. The van der Waals surface area contributed by atoms with E-state index in [1.165, 1.54) is 6.07 Å². The Morgan fingerprint density at radius 2 is 1.89 bits per heavy atom. The summed E-state index contributed by atoms with van der Waals surface area (Å²) in [6, 6.07) is 13.4. The summed E-state index contributed by atoms with van der Waals surface area (Å²) in [4.78, 5) is 22.4. The minimum atomic E-state index is -0.459. The first-order valence-corrected chi connectivity index (χ1v) is 6.01. The summed E-state index contributed by atoms with van der Waals surface area (Å²) in [6.45, 7) is 0. The van der Waals surface area contributed by atoms with Crippen molar-refractivity contribution in [3.8, 4) is 5.75 Å². The molecule has 0 aromatic heterocycles. The van der Waals surface area contributed by atoms with Crippen LogP contribution in [0.5, 0.6) is 5.75 Å². The van der Waals surface area contributed by atoms with Gasteiger partial charge in [0.2, 0.25) is 0 Å². The quantitative estimate of drug-likeness (QED) is 0.495. The molecule has 0 aliphatic rings. The zero-order chi connectivity index (χ0) is 13.0. The van der Waals surface area contributed by atoms with E-state index in [1.54, 1.807) is 36.4 Å². The van der Waals surface area contributed by atoms with Crippen molar-refractivity contribution in [2.75, 3.05) is 0 Å². The van der Waals surface area contributed by atoms with Gasteiger partial charge in [0.05, 0.1) is 5.56 Å². The number of halogens is 1. The molecule has 2 aromatic carbocycles. The molecule has 0 aliphatic carbocycles. The number of carbonyl (C=O) groups excluding carboxylic acids is 2. The van der Waals surface area contributed by atoms with Crippen LogP contribution in [0.4, 0.5) is 0 Å². The molecule has 0 bridgehead atoms. The van der Waals surface area contributed by atoms with Crippen LogP contribution < -0.4 is 4.74 Å². The molecule has 2 rings (SSSR count). The summed E-state index contributed by atoms with van der Waals surface area (Å²) in [6.07, 6.45) is 0.705. The normalized spacial score (nSPS) is 9.83. The number of hydrogen-bond acceptors (Lipinski definition) is 3. The van der Waals surface area contributed by atoms with Crippen molar-refractivity contribution in [1.82, 2.24) is 0 Å². The molecule has 0 spiro atoms. The highest BCUT2D eigenvalue weighted by atomic mass is 79.9. The number of esters is 1. The van der Waals surface area contributed by atoms with E-state index in [2.05, 4.69) is 15.9 Å². The standard InChI is InChI=1S/C14H9BrO3/c15-12-5-2-4-11(8-12)14(17)18-13-6-1-3-10(7-13)9-16/h1-9H. The molecule has 90 valence electrons. The zero-order valence-electron chi connectivity index (χ0n) is 9.30. The Morgan fingerprint density at radius 3 is 2.61 bits per heavy atom. The Kier molecular flexibility index (Phi) is 3.89. The van der Waals surface area contributed by atoms with Crippen LogP contribution in [-0.4, -0.2) is 12.3 Å². The van der Waals surface area contributed by atoms with E-state index < -0.39 is 5.97 Å².